The number of rotatable bonds is 4. The van der Waals surface area contributed by atoms with E-state index in [4.69, 9.17) is 0 Å². The molecule has 0 atom stereocenters. The predicted octanol–water partition coefficient (Wildman–Crippen LogP) is 4.38. The Morgan fingerprint density at radius 2 is 1.73 bits per heavy atom. The van der Waals surface area contributed by atoms with E-state index in [9.17, 15) is 5.26 Å². The van der Waals surface area contributed by atoms with Crippen LogP contribution in [0.15, 0.2) is 0 Å². The van der Waals surface area contributed by atoms with Crippen molar-refractivity contribution in [2.75, 3.05) is 12.0 Å². The van der Waals surface area contributed by atoms with E-state index in [1.54, 1.807) is 0 Å². The van der Waals surface area contributed by atoms with Crippen molar-refractivity contribution in [3.05, 3.63) is 0 Å². The second kappa shape index (κ2) is 7.17. The van der Waals surface area contributed by atoms with Crippen molar-refractivity contribution in [1.29, 1.82) is 5.26 Å². The summed E-state index contributed by atoms with van der Waals surface area (Å²) in [5.41, 5.74) is 0.0378. The molecule has 1 rings (SSSR count). The lowest BCUT2D eigenvalue weighted by Gasteiger charge is -2.28. The molecule has 0 heterocycles. The van der Waals surface area contributed by atoms with E-state index in [1.807, 2.05) is 11.8 Å². The maximum absolute atomic E-state index is 9.40. The third kappa shape index (κ3) is 4.47. The number of hydrogen-bond donors (Lipinski definition) is 0. The molecule has 1 aliphatic rings. The summed E-state index contributed by atoms with van der Waals surface area (Å²) >= 11 is 1.90. The van der Waals surface area contributed by atoms with Gasteiger partial charge in [-0.15, -0.1) is 0 Å². The lowest BCUT2D eigenvalue weighted by Crippen LogP contribution is -2.20. The monoisotopic (exact) mass is 225 g/mol. The quantitative estimate of drug-likeness (QED) is 0.663. The van der Waals surface area contributed by atoms with Crippen LogP contribution in [0, 0.1) is 16.7 Å². The van der Waals surface area contributed by atoms with Crippen molar-refractivity contribution in [3.8, 4) is 6.07 Å². The molecule has 0 bridgehead atoms. The van der Waals surface area contributed by atoms with Gasteiger partial charge in [0.25, 0.3) is 0 Å². The average molecular weight is 225 g/mol. The van der Waals surface area contributed by atoms with Crippen LogP contribution in [-0.2, 0) is 0 Å². The van der Waals surface area contributed by atoms with Crippen molar-refractivity contribution in [3.63, 3.8) is 0 Å². The Morgan fingerprint density at radius 1 is 1.13 bits per heavy atom. The second-order valence-corrected chi connectivity index (χ2v) is 5.74. The van der Waals surface area contributed by atoms with Crippen LogP contribution in [0.25, 0.3) is 0 Å². The Balaban J connectivity index is 2.44. The van der Waals surface area contributed by atoms with Gasteiger partial charge in [-0.05, 0) is 37.7 Å². The molecule has 0 aromatic carbocycles. The maximum Gasteiger partial charge on any atom is 0.0689 e. The summed E-state index contributed by atoms with van der Waals surface area (Å²) in [6.45, 7) is 0. The zero-order valence-corrected chi connectivity index (χ0v) is 10.7. The first-order valence-electron chi connectivity index (χ1n) is 6.23. The first kappa shape index (κ1) is 12.9. The number of hydrogen-bond acceptors (Lipinski definition) is 2. The smallest absolute Gasteiger partial charge is 0.0689 e. The molecule has 0 saturated heterocycles. The van der Waals surface area contributed by atoms with Crippen LogP contribution in [0.1, 0.15) is 57.8 Å². The molecule has 1 nitrogen and oxygen atoms in total. The minimum atomic E-state index is 0.0378. The molecule has 0 unspecified atom stereocenters. The van der Waals surface area contributed by atoms with Crippen molar-refractivity contribution in [2.45, 2.75) is 57.8 Å². The molecular formula is C13H23NS. The Bertz CT molecular complexity index is 199. The summed E-state index contributed by atoms with van der Waals surface area (Å²) in [5, 5.41) is 9.40. The molecule has 86 valence electrons. The molecule has 1 saturated carbocycles. The predicted molar refractivity (Wildman–Crippen MR) is 68.0 cm³/mol. The summed E-state index contributed by atoms with van der Waals surface area (Å²) in [7, 11) is 0. The highest BCUT2D eigenvalue weighted by molar-refractivity contribution is 7.98. The topological polar surface area (TPSA) is 23.8 Å². The molecule has 0 aromatic heterocycles. The van der Waals surface area contributed by atoms with Crippen LogP contribution in [0.5, 0.6) is 0 Å². The highest BCUT2D eigenvalue weighted by atomic mass is 32.2. The van der Waals surface area contributed by atoms with Gasteiger partial charge in [0.1, 0.15) is 0 Å². The summed E-state index contributed by atoms with van der Waals surface area (Å²) < 4.78 is 0. The first-order valence-corrected chi connectivity index (χ1v) is 7.63. The zero-order valence-electron chi connectivity index (χ0n) is 9.93. The molecule has 0 radical (unpaired) electrons. The Morgan fingerprint density at radius 3 is 2.27 bits per heavy atom. The fraction of sp³-hybridized carbons (Fsp3) is 0.923. The van der Waals surface area contributed by atoms with Crippen molar-refractivity contribution < 1.29 is 0 Å². The summed E-state index contributed by atoms with van der Waals surface area (Å²) in [5.74, 6) is 1.21. The molecule has 0 spiro atoms. The molecule has 0 aromatic rings. The molecule has 1 fully saturated rings. The van der Waals surface area contributed by atoms with Crippen molar-refractivity contribution in [2.24, 2.45) is 5.41 Å². The van der Waals surface area contributed by atoms with E-state index < -0.39 is 0 Å². The number of thioether (sulfide) groups is 1. The van der Waals surface area contributed by atoms with Gasteiger partial charge in [-0.3, -0.25) is 0 Å². The third-order valence-electron chi connectivity index (χ3n) is 3.55. The minimum absolute atomic E-state index is 0.0378. The summed E-state index contributed by atoms with van der Waals surface area (Å²) in [4.78, 5) is 0. The van der Waals surface area contributed by atoms with E-state index in [2.05, 4.69) is 12.3 Å². The van der Waals surface area contributed by atoms with Gasteiger partial charge in [-0.2, -0.15) is 17.0 Å². The Kier molecular flexibility index (Phi) is 6.17. The highest BCUT2D eigenvalue weighted by Gasteiger charge is 2.29. The van der Waals surface area contributed by atoms with Crippen molar-refractivity contribution in [1.82, 2.24) is 0 Å². The Hall–Kier alpha value is -0.160. The van der Waals surface area contributed by atoms with Crippen molar-refractivity contribution >= 4 is 11.8 Å². The molecule has 0 aliphatic heterocycles. The summed E-state index contributed by atoms with van der Waals surface area (Å²) in [6, 6.07) is 2.63. The fourth-order valence-corrected chi connectivity index (χ4v) is 2.99. The van der Waals surface area contributed by atoms with Gasteiger partial charge in [-0.25, -0.2) is 0 Å². The number of nitrogens with zero attached hydrogens (tertiary/aromatic N) is 1. The lowest BCUT2D eigenvalue weighted by atomic mass is 9.74. The van der Waals surface area contributed by atoms with Gasteiger partial charge in [0.05, 0.1) is 11.5 Å². The minimum Gasteiger partial charge on any atom is -0.198 e. The molecule has 15 heavy (non-hydrogen) atoms. The van der Waals surface area contributed by atoms with E-state index in [0.717, 1.165) is 19.3 Å². The van der Waals surface area contributed by atoms with Gasteiger partial charge in [-0.1, -0.05) is 32.1 Å². The second-order valence-electron chi connectivity index (χ2n) is 4.76. The lowest BCUT2D eigenvalue weighted by molar-refractivity contribution is 0.268. The van der Waals surface area contributed by atoms with Crippen LogP contribution in [0.2, 0.25) is 0 Å². The van der Waals surface area contributed by atoms with Gasteiger partial charge in [0.2, 0.25) is 0 Å². The molecule has 2 heteroatoms. The van der Waals surface area contributed by atoms with Crippen LogP contribution >= 0.6 is 11.8 Å². The van der Waals surface area contributed by atoms with Gasteiger partial charge < -0.3 is 0 Å². The van der Waals surface area contributed by atoms with Gasteiger partial charge in [0, 0.05) is 0 Å². The molecule has 1 aliphatic carbocycles. The van der Waals surface area contributed by atoms with E-state index in [-0.39, 0.29) is 5.41 Å². The van der Waals surface area contributed by atoms with Crippen LogP contribution in [0.4, 0.5) is 0 Å². The van der Waals surface area contributed by atoms with Crippen LogP contribution in [0.3, 0.4) is 0 Å². The summed E-state index contributed by atoms with van der Waals surface area (Å²) in [6.07, 6.45) is 13.4. The SMILES string of the molecule is CSCCCC1(C#N)CCCCCCC1. The van der Waals surface area contributed by atoms with E-state index >= 15 is 0 Å². The van der Waals surface area contributed by atoms with Crippen LogP contribution < -0.4 is 0 Å². The fourth-order valence-electron chi connectivity index (χ4n) is 2.55. The van der Waals surface area contributed by atoms with E-state index in [0.29, 0.717) is 0 Å². The molecule has 0 N–H and O–H groups in total. The van der Waals surface area contributed by atoms with Gasteiger partial charge in [0.15, 0.2) is 0 Å². The van der Waals surface area contributed by atoms with Crippen LogP contribution in [-0.4, -0.2) is 12.0 Å². The normalized spacial score (nSPS) is 21.3. The first-order chi connectivity index (χ1) is 7.33. The largest absolute Gasteiger partial charge is 0.198 e. The average Bonchev–Trinajstić information content (AvgIpc) is 2.22. The molecule has 0 amide bonds. The maximum atomic E-state index is 9.40. The molecular weight excluding hydrogens is 202 g/mol. The van der Waals surface area contributed by atoms with E-state index in [1.165, 1.54) is 44.3 Å². The number of nitriles is 1. The standard InChI is InChI=1S/C13H23NS/c1-15-11-7-10-13(12-14)8-5-3-2-4-6-9-13/h2-11H2,1H3. The Labute approximate surface area is 98.6 Å². The highest BCUT2D eigenvalue weighted by Crippen LogP contribution is 2.37. The van der Waals surface area contributed by atoms with Gasteiger partial charge >= 0.3 is 0 Å². The zero-order chi connectivity index (χ0) is 11.0. The third-order valence-corrected chi connectivity index (χ3v) is 4.25.